The van der Waals surface area contributed by atoms with Crippen molar-refractivity contribution in [3.8, 4) is 0 Å². The summed E-state index contributed by atoms with van der Waals surface area (Å²) in [6.45, 7) is 6.51. The molecule has 0 fully saturated rings. The number of hydrogen-bond donors (Lipinski definition) is 3. The molecule has 0 spiro atoms. The molecule has 0 saturated carbocycles. The number of rotatable bonds is 55. The second-order valence-corrected chi connectivity index (χ2v) is 20.8. The minimum atomic E-state index is -0.787. The first-order valence-electron chi connectivity index (χ1n) is 30.1. The van der Waals surface area contributed by atoms with Gasteiger partial charge in [0.05, 0.1) is 25.2 Å². The van der Waals surface area contributed by atoms with Crippen LogP contribution in [0.3, 0.4) is 0 Å². The molecule has 0 heterocycles. The average Bonchev–Trinajstić information content (AvgIpc) is 3.32. The van der Waals surface area contributed by atoms with Gasteiger partial charge >= 0.3 is 5.97 Å². The summed E-state index contributed by atoms with van der Waals surface area (Å²) < 4.78 is 5.97. The molecule has 0 saturated heterocycles. The highest BCUT2D eigenvalue weighted by molar-refractivity contribution is 5.77. The number of esters is 1. The topological polar surface area (TPSA) is 95.9 Å². The van der Waals surface area contributed by atoms with Gasteiger partial charge < -0.3 is 20.3 Å². The smallest absolute Gasteiger partial charge is 0.306 e. The van der Waals surface area contributed by atoms with E-state index in [9.17, 15) is 19.8 Å². The highest BCUT2D eigenvalue weighted by atomic mass is 16.5. The minimum Gasteiger partial charge on any atom is -0.462 e. The first-order chi connectivity index (χ1) is 33.0. The molecule has 0 bridgehead atoms. The number of aliphatic hydroxyl groups is 2. The largest absolute Gasteiger partial charge is 0.462 e. The van der Waals surface area contributed by atoms with Gasteiger partial charge in [-0.3, -0.25) is 9.59 Å². The van der Waals surface area contributed by atoms with Crippen molar-refractivity contribution in [3.05, 3.63) is 24.3 Å². The van der Waals surface area contributed by atoms with E-state index >= 15 is 0 Å². The number of hydrogen-bond acceptors (Lipinski definition) is 5. The Morgan fingerprint density at radius 3 is 1.16 bits per heavy atom. The zero-order chi connectivity index (χ0) is 48.8. The summed E-state index contributed by atoms with van der Waals surface area (Å²) in [6, 6.07) is -0.701. The van der Waals surface area contributed by atoms with E-state index in [1.165, 1.54) is 218 Å². The Bertz CT molecular complexity index is 1060. The van der Waals surface area contributed by atoms with Gasteiger partial charge in [-0.25, -0.2) is 0 Å². The van der Waals surface area contributed by atoms with Crippen molar-refractivity contribution in [2.45, 2.75) is 347 Å². The van der Waals surface area contributed by atoms with E-state index in [1.807, 2.05) is 0 Å². The lowest BCUT2D eigenvalue weighted by molar-refractivity contribution is -0.151. The van der Waals surface area contributed by atoms with Gasteiger partial charge in [-0.1, -0.05) is 283 Å². The van der Waals surface area contributed by atoms with Gasteiger partial charge in [-0.15, -0.1) is 0 Å². The van der Waals surface area contributed by atoms with Crippen molar-refractivity contribution in [3.63, 3.8) is 0 Å². The first-order valence-corrected chi connectivity index (χ1v) is 30.1. The molecule has 0 aromatic rings. The van der Waals surface area contributed by atoms with E-state index in [0.717, 1.165) is 64.2 Å². The Morgan fingerprint density at radius 1 is 0.433 bits per heavy atom. The third-order valence-corrected chi connectivity index (χ3v) is 14.0. The molecule has 0 aliphatic rings. The number of allylic oxidation sites excluding steroid dienone is 4. The van der Waals surface area contributed by atoms with Gasteiger partial charge in [0.1, 0.15) is 6.10 Å². The van der Waals surface area contributed by atoms with Crippen LogP contribution in [0, 0.1) is 0 Å². The summed E-state index contributed by atoms with van der Waals surface area (Å²) in [5, 5.41) is 23.9. The Labute approximate surface area is 418 Å². The van der Waals surface area contributed by atoms with Crippen molar-refractivity contribution >= 4 is 11.9 Å². The number of carbonyl (C=O) groups excluding carboxylic acids is 2. The van der Waals surface area contributed by atoms with Crippen LogP contribution in [0.15, 0.2) is 24.3 Å². The van der Waals surface area contributed by atoms with Crippen LogP contribution in [0.1, 0.15) is 329 Å². The molecule has 0 aromatic carbocycles. The average molecular weight is 945 g/mol. The van der Waals surface area contributed by atoms with Crippen LogP contribution in [-0.4, -0.2) is 46.9 Å². The standard InChI is InChI=1S/C61H117NO5/c1-4-7-10-13-16-19-22-25-28-30-32-34-37-40-43-46-49-52-57(67-61(66)54-51-48-45-42-39-36-33-29-26-23-20-17-14-11-8-5-2)55-60(65)62-58(56-63)59(64)53-50-47-44-41-38-35-31-27-24-21-18-15-12-9-6-3/h16,19,25,28,57-59,63-64H,4-15,17-18,20-24,26-27,29-56H2,1-3H3,(H,62,65)/b19-16-,28-25-. The molecule has 0 aromatic heterocycles. The maximum atomic E-state index is 13.3. The number of unbranched alkanes of at least 4 members (excludes halogenated alkanes) is 39. The molecule has 0 aliphatic heterocycles. The minimum absolute atomic E-state index is 0.0784. The van der Waals surface area contributed by atoms with Crippen molar-refractivity contribution in [2.75, 3.05) is 6.61 Å². The molecule has 3 atom stereocenters. The highest BCUT2D eigenvalue weighted by Crippen LogP contribution is 2.19. The molecule has 0 aliphatic carbocycles. The molecule has 396 valence electrons. The fourth-order valence-corrected chi connectivity index (χ4v) is 9.46. The van der Waals surface area contributed by atoms with Crippen LogP contribution in [0.2, 0.25) is 0 Å². The maximum absolute atomic E-state index is 13.3. The molecule has 1 amide bonds. The van der Waals surface area contributed by atoms with Gasteiger partial charge in [-0.05, 0) is 57.8 Å². The summed E-state index contributed by atoms with van der Waals surface area (Å²) in [5.74, 6) is -0.459. The number of ether oxygens (including phenoxy) is 1. The third-order valence-electron chi connectivity index (χ3n) is 14.0. The summed E-state index contributed by atoms with van der Waals surface area (Å²) in [7, 11) is 0. The lowest BCUT2D eigenvalue weighted by Gasteiger charge is -2.24. The van der Waals surface area contributed by atoms with E-state index in [-0.39, 0.29) is 24.9 Å². The summed E-state index contributed by atoms with van der Waals surface area (Å²) in [6.07, 6.45) is 65.3. The second-order valence-electron chi connectivity index (χ2n) is 20.8. The monoisotopic (exact) mass is 944 g/mol. The predicted octanol–water partition coefficient (Wildman–Crippen LogP) is 18.6. The lowest BCUT2D eigenvalue weighted by Crippen LogP contribution is -2.46. The van der Waals surface area contributed by atoms with Gasteiger partial charge in [-0.2, -0.15) is 0 Å². The first kappa shape index (κ1) is 65.3. The van der Waals surface area contributed by atoms with Crippen LogP contribution in [0.25, 0.3) is 0 Å². The second kappa shape index (κ2) is 55.3. The highest BCUT2D eigenvalue weighted by Gasteiger charge is 2.24. The molecule has 67 heavy (non-hydrogen) atoms. The van der Waals surface area contributed by atoms with E-state index in [2.05, 4.69) is 50.4 Å². The SMILES string of the molecule is CCCCC/C=C\C/C=C\CCCCCCCCCC(CC(=O)NC(CO)C(O)CCCCCCCCCCCCCCCCC)OC(=O)CCCCCCCCCCCCCCCCCC. The molecule has 0 rings (SSSR count). The zero-order valence-corrected chi connectivity index (χ0v) is 45.3. The third kappa shape index (κ3) is 50.5. The zero-order valence-electron chi connectivity index (χ0n) is 45.3. The molecule has 6 heteroatoms. The van der Waals surface area contributed by atoms with Crippen molar-refractivity contribution in [2.24, 2.45) is 0 Å². The fraction of sp³-hybridized carbons (Fsp3) is 0.902. The van der Waals surface area contributed by atoms with E-state index in [0.29, 0.717) is 19.3 Å². The van der Waals surface area contributed by atoms with Crippen molar-refractivity contribution in [1.29, 1.82) is 0 Å². The molecule has 6 nitrogen and oxygen atoms in total. The number of aliphatic hydroxyl groups excluding tert-OH is 2. The number of amides is 1. The van der Waals surface area contributed by atoms with Crippen LogP contribution < -0.4 is 5.32 Å². The van der Waals surface area contributed by atoms with E-state index < -0.39 is 18.2 Å². The number of carbonyl (C=O) groups is 2. The Balaban J connectivity index is 4.53. The Morgan fingerprint density at radius 2 is 0.761 bits per heavy atom. The molecule has 3 N–H and O–H groups in total. The molecule has 3 unspecified atom stereocenters. The fourth-order valence-electron chi connectivity index (χ4n) is 9.46. The van der Waals surface area contributed by atoms with Crippen LogP contribution in [-0.2, 0) is 14.3 Å². The van der Waals surface area contributed by atoms with Crippen LogP contribution in [0.4, 0.5) is 0 Å². The molecular formula is C61H117NO5. The Hall–Kier alpha value is -1.66. The molecular weight excluding hydrogens is 827 g/mol. The predicted molar refractivity (Wildman–Crippen MR) is 292 cm³/mol. The van der Waals surface area contributed by atoms with Gasteiger partial charge in [0.15, 0.2) is 0 Å². The number of nitrogens with one attached hydrogen (secondary N) is 1. The van der Waals surface area contributed by atoms with Gasteiger partial charge in [0.2, 0.25) is 5.91 Å². The van der Waals surface area contributed by atoms with Crippen molar-refractivity contribution < 1.29 is 24.5 Å². The quantitative estimate of drug-likeness (QED) is 0.0321. The Kier molecular flexibility index (Phi) is 53.9. The maximum Gasteiger partial charge on any atom is 0.306 e. The van der Waals surface area contributed by atoms with Crippen LogP contribution in [0.5, 0.6) is 0 Å². The van der Waals surface area contributed by atoms with E-state index in [4.69, 9.17) is 4.74 Å². The summed E-state index contributed by atoms with van der Waals surface area (Å²) in [4.78, 5) is 26.3. The summed E-state index contributed by atoms with van der Waals surface area (Å²) in [5.41, 5.74) is 0. The van der Waals surface area contributed by atoms with Crippen molar-refractivity contribution in [1.82, 2.24) is 5.32 Å². The normalized spacial score (nSPS) is 13.2. The van der Waals surface area contributed by atoms with Gasteiger partial charge in [0, 0.05) is 6.42 Å². The van der Waals surface area contributed by atoms with Crippen LogP contribution >= 0.6 is 0 Å². The van der Waals surface area contributed by atoms with Gasteiger partial charge in [0.25, 0.3) is 0 Å². The summed E-state index contributed by atoms with van der Waals surface area (Å²) >= 11 is 0. The van der Waals surface area contributed by atoms with E-state index in [1.54, 1.807) is 0 Å². The lowest BCUT2D eigenvalue weighted by atomic mass is 10.0. The molecule has 0 radical (unpaired) electrons.